The standard InChI is InChI=1S/C13H16FNO2/c14-11-3-1-2-9(4-11)10-5-13(17-7-10)8-15-6-12(13)16/h1-4,10,12,15-16H,5-8H2/t10-,12+,13+/m0/s1. The summed E-state index contributed by atoms with van der Waals surface area (Å²) in [5.74, 6) is -0.0335. The first kappa shape index (κ1) is 11.1. The van der Waals surface area contributed by atoms with E-state index in [2.05, 4.69) is 5.32 Å². The fraction of sp³-hybridized carbons (Fsp3) is 0.538. The Morgan fingerprint density at radius 1 is 1.47 bits per heavy atom. The average Bonchev–Trinajstić information content (AvgIpc) is 2.89. The molecule has 2 heterocycles. The molecule has 0 aliphatic carbocycles. The van der Waals surface area contributed by atoms with Crippen LogP contribution in [0.1, 0.15) is 17.9 Å². The highest BCUT2D eigenvalue weighted by atomic mass is 19.1. The van der Waals surface area contributed by atoms with Crippen molar-refractivity contribution in [3.05, 3.63) is 35.6 Å². The Bertz CT molecular complexity index is 426. The molecule has 0 amide bonds. The molecular formula is C13H16FNO2. The Labute approximate surface area is 99.6 Å². The first-order chi connectivity index (χ1) is 8.20. The molecule has 0 aromatic heterocycles. The smallest absolute Gasteiger partial charge is 0.123 e. The summed E-state index contributed by atoms with van der Waals surface area (Å²) < 4.78 is 18.9. The Morgan fingerprint density at radius 2 is 2.35 bits per heavy atom. The van der Waals surface area contributed by atoms with E-state index in [1.54, 1.807) is 12.1 Å². The topological polar surface area (TPSA) is 41.5 Å². The van der Waals surface area contributed by atoms with Gasteiger partial charge in [-0.15, -0.1) is 0 Å². The molecule has 0 bridgehead atoms. The number of aliphatic hydroxyl groups excluding tert-OH is 1. The molecule has 2 N–H and O–H groups in total. The van der Waals surface area contributed by atoms with Gasteiger partial charge in [-0.3, -0.25) is 0 Å². The van der Waals surface area contributed by atoms with Crippen molar-refractivity contribution < 1.29 is 14.2 Å². The minimum atomic E-state index is -0.461. The molecule has 2 aliphatic heterocycles. The van der Waals surface area contributed by atoms with Crippen LogP contribution in [0, 0.1) is 5.82 Å². The zero-order chi connectivity index (χ0) is 11.9. The summed E-state index contributed by atoms with van der Waals surface area (Å²) >= 11 is 0. The number of halogens is 1. The molecule has 4 heteroatoms. The summed E-state index contributed by atoms with van der Waals surface area (Å²) in [5.41, 5.74) is 0.498. The molecule has 2 fully saturated rings. The summed E-state index contributed by atoms with van der Waals surface area (Å²) in [6, 6.07) is 6.65. The van der Waals surface area contributed by atoms with E-state index in [-0.39, 0.29) is 11.7 Å². The van der Waals surface area contributed by atoms with Crippen molar-refractivity contribution in [1.82, 2.24) is 5.32 Å². The first-order valence-corrected chi connectivity index (χ1v) is 5.98. The van der Waals surface area contributed by atoms with E-state index in [0.29, 0.717) is 19.7 Å². The Morgan fingerprint density at radius 3 is 3.06 bits per heavy atom. The van der Waals surface area contributed by atoms with E-state index in [0.717, 1.165) is 12.0 Å². The molecular weight excluding hydrogens is 221 g/mol. The van der Waals surface area contributed by atoms with Crippen LogP contribution in [-0.4, -0.2) is 36.5 Å². The number of benzene rings is 1. The highest BCUT2D eigenvalue weighted by molar-refractivity contribution is 5.23. The van der Waals surface area contributed by atoms with Gasteiger partial charge in [-0.2, -0.15) is 0 Å². The summed E-state index contributed by atoms with van der Waals surface area (Å²) in [4.78, 5) is 0. The molecule has 17 heavy (non-hydrogen) atoms. The zero-order valence-corrected chi connectivity index (χ0v) is 9.53. The summed E-state index contributed by atoms with van der Waals surface area (Å²) in [5, 5.41) is 13.1. The fourth-order valence-electron chi connectivity index (χ4n) is 2.86. The predicted molar refractivity (Wildman–Crippen MR) is 61.3 cm³/mol. The number of ether oxygens (including phenoxy) is 1. The van der Waals surface area contributed by atoms with E-state index >= 15 is 0 Å². The Kier molecular flexibility index (Phi) is 2.65. The third-order valence-corrected chi connectivity index (χ3v) is 3.85. The molecule has 2 aliphatic rings. The van der Waals surface area contributed by atoms with Crippen LogP contribution in [0.5, 0.6) is 0 Å². The molecule has 0 unspecified atom stereocenters. The van der Waals surface area contributed by atoms with Gasteiger partial charge < -0.3 is 15.2 Å². The van der Waals surface area contributed by atoms with Crippen LogP contribution in [0.3, 0.4) is 0 Å². The number of nitrogens with one attached hydrogen (secondary N) is 1. The molecule has 1 aromatic carbocycles. The van der Waals surface area contributed by atoms with Crippen molar-refractivity contribution >= 4 is 0 Å². The summed E-state index contributed by atoms with van der Waals surface area (Å²) in [6.45, 7) is 1.82. The summed E-state index contributed by atoms with van der Waals surface area (Å²) in [7, 11) is 0. The number of rotatable bonds is 1. The van der Waals surface area contributed by atoms with Crippen LogP contribution >= 0.6 is 0 Å². The van der Waals surface area contributed by atoms with Gasteiger partial charge in [0, 0.05) is 19.0 Å². The molecule has 92 valence electrons. The lowest BCUT2D eigenvalue weighted by molar-refractivity contribution is -0.0581. The second-order valence-corrected chi connectivity index (χ2v) is 4.98. The van der Waals surface area contributed by atoms with Crippen molar-refractivity contribution in [2.45, 2.75) is 24.0 Å². The van der Waals surface area contributed by atoms with Crippen molar-refractivity contribution in [2.75, 3.05) is 19.7 Å². The van der Waals surface area contributed by atoms with E-state index < -0.39 is 11.7 Å². The molecule has 2 saturated heterocycles. The maximum Gasteiger partial charge on any atom is 0.123 e. The van der Waals surface area contributed by atoms with Crippen molar-refractivity contribution in [3.63, 3.8) is 0 Å². The van der Waals surface area contributed by atoms with Gasteiger partial charge in [-0.1, -0.05) is 12.1 Å². The van der Waals surface area contributed by atoms with Crippen molar-refractivity contribution in [2.24, 2.45) is 0 Å². The maximum absolute atomic E-state index is 13.2. The van der Waals surface area contributed by atoms with Gasteiger partial charge in [-0.25, -0.2) is 4.39 Å². The van der Waals surface area contributed by atoms with Crippen LogP contribution in [0.2, 0.25) is 0 Å². The van der Waals surface area contributed by atoms with Crippen LogP contribution < -0.4 is 5.32 Å². The third-order valence-electron chi connectivity index (χ3n) is 3.85. The zero-order valence-electron chi connectivity index (χ0n) is 9.53. The van der Waals surface area contributed by atoms with E-state index in [4.69, 9.17) is 4.74 Å². The first-order valence-electron chi connectivity index (χ1n) is 5.98. The maximum atomic E-state index is 13.2. The van der Waals surface area contributed by atoms with Crippen LogP contribution in [0.4, 0.5) is 4.39 Å². The minimum Gasteiger partial charge on any atom is -0.389 e. The fourth-order valence-corrected chi connectivity index (χ4v) is 2.86. The van der Waals surface area contributed by atoms with Gasteiger partial charge in [0.15, 0.2) is 0 Å². The normalized spacial score (nSPS) is 36.8. The lowest BCUT2D eigenvalue weighted by atomic mass is 9.87. The number of hydrogen-bond acceptors (Lipinski definition) is 3. The predicted octanol–water partition coefficient (Wildman–Crippen LogP) is 1.03. The van der Waals surface area contributed by atoms with Gasteiger partial charge in [-0.05, 0) is 24.1 Å². The minimum absolute atomic E-state index is 0.181. The lowest BCUT2D eigenvalue weighted by Crippen LogP contribution is -2.40. The molecule has 0 saturated carbocycles. The number of hydrogen-bond donors (Lipinski definition) is 2. The Balaban J connectivity index is 1.80. The third kappa shape index (κ3) is 1.86. The quantitative estimate of drug-likeness (QED) is 0.766. The number of aliphatic hydroxyl groups is 1. The van der Waals surface area contributed by atoms with Crippen LogP contribution in [-0.2, 0) is 4.74 Å². The molecule has 1 aromatic rings. The van der Waals surface area contributed by atoms with Gasteiger partial charge in [0.1, 0.15) is 11.4 Å². The monoisotopic (exact) mass is 237 g/mol. The highest BCUT2D eigenvalue weighted by Gasteiger charge is 2.49. The molecule has 3 nitrogen and oxygen atoms in total. The van der Waals surface area contributed by atoms with E-state index in [9.17, 15) is 9.50 Å². The van der Waals surface area contributed by atoms with Crippen LogP contribution in [0.25, 0.3) is 0 Å². The van der Waals surface area contributed by atoms with E-state index in [1.165, 1.54) is 6.07 Å². The summed E-state index contributed by atoms with van der Waals surface area (Å²) in [6.07, 6.45) is 0.297. The van der Waals surface area contributed by atoms with Crippen LogP contribution in [0.15, 0.2) is 24.3 Å². The average molecular weight is 237 g/mol. The van der Waals surface area contributed by atoms with Gasteiger partial charge in [0.25, 0.3) is 0 Å². The molecule has 0 radical (unpaired) electrons. The lowest BCUT2D eigenvalue weighted by Gasteiger charge is -2.25. The van der Waals surface area contributed by atoms with Crippen molar-refractivity contribution in [1.29, 1.82) is 0 Å². The van der Waals surface area contributed by atoms with Crippen molar-refractivity contribution in [3.8, 4) is 0 Å². The molecule has 3 atom stereocenters. The highest BCUT2D eigenvalue weighted by Crippen LogP contribution is 2.40. The molecule has 3 rings (SSSR count). The second-order valence-electron chi connectivity index (χ2n) is 4.98. The SMILES string of the molecule is O[C@@H]1CNC[C@]12C[C@H](c1cccc(F)c1)CO2. The van der Waals surface area contributed by atoms with Gasteiger partial charge >= 0.3 is 0 Å². The van der Waals surface area contributed by atoms with Gasteiger partial charge in [0.2, 0.25) is 0 Å². The second kappa shape index (κ2) is 4.05. The number of β-amino-alcohol motifs (C(OH)–C–C–N with tert-alkyl or cyclic N) is 1. The Hall–Kier alpha value is -0.970. The largest absolute Gasteiger partial charge is 0.389 e. The van der Waals surface area contributed by atoms with Gasteiger partial charge in [0.05, 0.1) is 12.7 Å². The molecule has 1 spiro atoms. The van der Waals surface area contributed by atoms with E-state index in [1.807, 2.05) is 6.07 Å².